The van der Waals surface area contributed by atoms with Crippen LogP contribution in [0.1, 0.15) is 33.0 Å². The van der Waals surface area contributed by atoms with Crippen molar-refractivity contribution < 1.29 is 19.1 Å². The van der Waals surface area contributed by atoms with Gasteiger partial charge in [-0.1, -0.05) is 0 Å². The molecular formula is C17H18BrFN4O3. The number of nitrogens with one attached hydrogen (secondary N) is 2. The Morgan fingerprint density at radius 3 is 2.85 bits per heavy atom. The fourth-order valence-corrected chi connectivity index (χ4v) is 3.23. The molecule has 3 heterocycles. The maximum Gasteiger partial charge on any atom is 0.335 e. The molecule has 7 nitrogen and oxygen atoms in total. The van der Waals surface area contributed by atoms with Gasteiger partial charge in [0.15, 0.2) is 0 Å². The third kappa shape index (κ3) is 3.87. The van der Waals surface area contributed by atoms with Crippen LogP contribution in [0.3, 0.4) is 0 Å². The zero-order chi connectivity index (χ0) is 18.8. The lowest BCUT2D eigenvalue weighted by Gasteiger charge is -2.35. The molecule has 2 aromatic rings. The number of halogens is 2. The van der Waals surface area contributed by atoms with Crippen LogP contribution in [0, 0.1) is 6.92 Å². The van der Waals surface area contributed by atoms with Gasteiger partial charge in [0.2, 0.25) is 0 Å². The highest BCUT2D eigenvalue weighted by atomic mass is 79.9. The minimum Gasteiger partial charge on any atom is -0.478 e. The number of aryl methyl sites for hydroxylation is 1. The number of piperidine rings is 1. The van der Waals surface area contributed by atoms with E-state index in [1.807, 2.05) is 6.92 Å². The van der Waals surface area contributed by atoms with E-state index >= 15 is 0 Å². The summed E-state index contributed by atoms with van der Waals surface area (Å²) in [5, 5.41) is 11.8. The summed E-state index contributed by atoms with van der Waals surface area (Å²) in [6.45, 7) is 2.33. The summed E-state index contributed by atoms with van der Waals surface area (Å²) in [5.41, 5.74) is 1.31. The zero-order valence-electron chi connectivity index (χ0n) is 14.0. The number of aromatic amines is 1. The molecule has 1 fully saturated rings. The Morgan fingerprint density at radius 1 is 1.46 bits per heavy atom. The smallest absolute Gasteiger partial charge is 0.335 e. The molecule has 1 aliphatic heterocycles. The Balaban J connectivity index is 1.64. The molecule has 0 aromatic carbocycles. The topological polar surface area (TPSA) is 98.3 Å². The first-order valence-electron chi connectivity index (χ1n) is 8.09. The lowest BCUT2D eigenvalue weighted by Crippen LogP contribution is -2.52. The van der Waals surface area contributed by atoms with Crippen molar-refractivity contribution in [1.29, 1.82) is 0 Å². The third-order valence-electron chi connectivity index (χ3n) is 4.37. The molecule has 138 valence electrons. The summed E-state index contributed by atoms with van der Waals surface area (Å²) in [6, 6.07) is 3.87. The Bertz CT molecular complexity index is 822. The minimum absolute atomic E-state index is 0.0362. The zero-order valence-corrected chi connectivity index (χ0v) is 15.6. The normalized spacial score (nSPS) is 20.0. The Labute approximate surface area is 157 Å². The number of carboxylic acids is 1. The van der Waals surface area contributed by atoms with Crippen LogP contribution in [-0.4, -0.2) is 52.3 Å². The van der Waals surface area contributed by atoms with Gasteiger partial charge >= 0.3 is 5.97 Å². The number of amides is 1. The number of nitrogens with zero attached hydrogens (tertiary/aromatic N) is 2. The second-order valence-electron chi connectivity index (χ2n) is 6.19. The summed E-state index contributed by atoms with van der Waals surface area (Å²) < 4.78 is 15.4. The van der Waals surface area contributed by atoms with E-state index in [0.717, 1.165) is 10.2 Å². The Hall–Kier alpha value is -2.42. The van der Waals surface area contributed by atoms with Crippen molar-refractivity contribution in [3.05, 3.63) is 45.8 Å². The van der Waals surface area contributed by atoms with E-state index in [2.05, 4.69) is 31.2 Å². The van der Waals surface area contributed by atoms with Crippen LogP contribution in [0.25, 0.3) is 0 Å². The summed E-state index contributed by atoms with van der Waals surface area (Å²) >= 11 is 3.33. The highest BCUT2D eigenvalue weighted by molar-refractivity contribution is 9.10. The van der Waals surface area contributed by atoms with E-state index in [-0.39, 0.29) is 18.0 Å². The first-order valence-corrected chi connectivity index (χ1v) is 8.89. The molecule has 9 heteroatoms. The first kappa shape index (κ1) is 18.4. The summed E-state index contributed by atoms with van der Waals surface area (Å²) in [6.07, 6.45) is 0.500. The summed E-state index contributed by atoms with van der Waals surface area (Å²) in [5.74, 6) is -0.993. The predicted molar refractivity (Wildman–Crippen MR) is 97.4 cm³/mol. The molecule has 0 aliphatic carbocycles. The van der Waals surface area contributed by atoms with Crippen molar-refractivity contribution in [3.8, 4) is 0 Å². The number of rotatable bonds is 4. The van der Waals surface area contributed by atoms with Gasteiger partial charge in [-0.15, -0.1) is 0 Å². The molecule has 0 unspecified atom stereocenters. The number of aromatic nitrogens is 2. The van der Waals surface area contributed by atoms with E-state index in [1.54, 1.807) is 11.0 Å². The maximum absolute atomic E-state index is 14.6. The number of carboxylic acid groups (broad SMARTS) is 1. The molecule has 3 rings (SSSR count). The Kier molecular flexibility index (Phi) is 5.26. The average molecular weight is 425 g/mol. The largest absolute Gasteiger partial charge is 0.478 e. The van der Waals surface area contributed by atoms with Gasteiger partial charge in [0, 0.05) is 22.9 Å². The number of pyridine rings is 1. The van der Waals surface area contributed by atoms with Gasteiger partial charge in [0.25, 0.3) is 5.91 Å². The lowest BCUT2D eigenvalue weighted by molar-refractivity contribution is 0.0696. The van der Waals surface area contributed by atoms with Gasteiger partial charge in [-0.25, -0.2) is 14.2 Å². The van der Waals surface area contributed by atoms with Crippen molar-refractivity contribution in [1.82, 2.24) is 15.3 Å². The van der Waals surface area contributed by atoms with Crippen LogP contribution in [0.4, 0.5) is 10.2 Å². The van der Waals surface area contributed by atoms with Gasteiger partial charge in [-0.05, 0) is 47.5 Å². The highest BCUT2D eigenvalue weighted by Gasteiger charge is 2.31. The average Bonchev–Trinajstić information content (AvgIpc) is 2.96. The molecule has 1 amide bonds. The molecule has 3 N–H and O–H groups in total. The third-order valence-corrected chi connectivity index (χ3v) is 5.19. The van der Waals surface area contributed by atoms with E-state index in [4.69, 9.17) is 5.11 Å². The van der Waals surface area contributed by atoms with Gasteiger partial charge in [0.05, 0.1) is 18.2 Å². The number of hydrogen-bond donors (Lipinski definition) is 3. The van der Waals surface area contributed by atoms with Crippen LogP contribution in [0.15, 0.2) is 28.9 Å². The number of alkyl halides is 1. The van der Waals surface area contributed by atoms with Crippen LogP contribution in [-0.2, 0) is 0 Å². The van der Waals surface area contributed by atoms with Crippen molar-refractivity contribution >= 4 is 33.6 Å². The fourth-order valence-electron chi connectivity index (χ4n) is 2.90. The molecule has 26 heavy (non-hydrogen) atoms. The molecule has 0 radical (unpaired) electrons. The number of carbonyl (C=O) groups is 2. The number of H-pyrrole nitrogens is 1. The molecule has 2 atom stereocenters. The van der Waals surface area contributed by atoms with Crippen LogP contribution < -0.4 is 10.2 Å². The van der Waals surface area contributed by atoms with Gasteiger partial charge in [0.1, 0.15) is 17.7 Å². The second kappa shape index (κ2) is 7.45. The number of carbonyl (C=O) groups excluding carboxylic acids is 1. The van der Waals surface area contributed by atoms with Crippen LogP contribution in [0.5, 0.6) is 0 Å². The maximum atomic E-state index is 14.6. The highest BCUT2D eigenvalue weighted by Crippen LogP contribution is 2.22. The van der Waals surface area contributed by atoms with Crippen molar-refractivity contribution in [3.63, 3.8) is 0 Å². The number of hydrogen-bond acceptors (Lipinski definition) is 4. The van der Waals surface area contributed by atoms with E-state index < -0.39 is 18.2 Å². The number of anilines is 1. The molecular weight excluding hydrogens is 407 g/mol. The van der Waals surface area contributed by atoms with E-state index in [9.17, 15) is 14.0 Å². The van der Waals surface area contributed by atoms with E-state index in [1.165, 1.54) is 18.3 Å². The van der Waals surface area contributed by atoms with Crippen LogP contribution in [0.2, 0.25) is 0 Å². The molecule has 1 saturated heterocycles. The quantitative estimate of drug-likeness (QED) is 0.700. The summed E-state index contributed by atoms with van der Waals surface area (Å²) in [4.78, 5) is 32.1. The lowest BCUT2D eigenvalue weighted by atomic mass is 10.0. The van der Waals surface area contributed by atoms with E-state index in [0.29, 0.717) is 24.5 Å². The monoisotopic (exact) mass is 424 g/mol. The molecule has 1 aliphatic rings. The van der Waals surface area contributed by atoms with Crippen molar-refractivity contribution in [2.45, 2.75) is 25.6 Å². The van der Waals surface area contributed by atoms with Crippen molar-refractivity contribution in [2.75, 3.05) is 18.0 Å². The van der Waals surface area contributed by atoms with Crippen LogP contribution >= 0.6 is 15.9 Å². The SMILES string of the molecule is Cc1[nH]c(C(=O)N[C@@H]2CCN(c3cc(C(=O)O)ccn3)C[C@@H]2F)cc1Br. The standard InChI is InChI=1S/C17H18BrFN4O3/c1-9-11(18)7-14(21-9)16(24)22-13-3-5-23(8-12(13)19)15-6-10(17(25)26)2-4-20-15/h2,4,6-7,12-13,21H,3,5,8H2,1H3,(H,22,24)(H,25,26)/t12-,13+/m0/s1. The number of aromatic carboxylic acids is 1. The molecule has 0 bridgehead atoms. The van der Waals surface area contributed by atoms with Crippen molar-refractivity contribution in [2.24, 2.45) is 0 Å². The fraction of sp³-hybridized carbons (Fsp3) is 0.353. The molecule has 0 saturated carbocycles. The minimum atomic E-state index is -1.29. The molecule has 2 aromatic heterocycles. The summed E-state index contributed by atoms with van der Waals surface area (Å²) in [7, 11) is 0. The van der Waals surface area contributed by atoms with Gasteiger partial charge in [-0.2, -0.15) is 0 Å². The van der Waals surface area contributed by atoms with Gasteiger partial charge < -0.3 is 20.3 Å². The predicted octanol–water partition coefficient (Wildman–Crippen LogP) is 2.53. The first-order chi connectivity index (χ1) is 12.3. The van der Waals surface area contributed by atoms with Gasteiger partial charge in [-0.3, -0.25) is 4.79 Å². The second-order valence-corrected chi connectivity index (χ2v) is 7.05. The molecule has 0 spiro atoms. The Morgan fingerprint density at radius 2 is 2.23 bits per heavy atom.